The molecule has 2 nitrogen and oxygen atoms in total. The molecule has 0 atom stereocenters. The third-order valence-corrected chi connectivity index (χ3v) is 10.8. The summed E-state index contributed by atoms with van der Waals surface area (Å²) >= 11 is 0. The van der Waals surface area contributed by atoms with Crippen LogP contribution in [-0.2, 0) is 0 Å². The van der Waals surface area contributed by atoms with Gasteiger partial charge in [-0.15, -0.1) is 0 Å². The van der Waals surface area contributed by atoms with Gasteiger partial charge in [-0.1, -0.05) is 115 Å². The summed E-state index contributed by atoms with van der Waals surface area (Å²) in [6.07, 6.45) is 0. The largest absolute Gasteiger partial charge is 0.376 e. The van der Waals surface area contributed by atoms with Crippen molar-refractivity contribution in [1.82, 2.24) is 0 Å². The number of hydrogen-bond donors (Lipinski definition) is 0. The molecule has 222 valence electrons. The van der Waals surface area contributed by atoms with E-state index in [0.29, 0.717) is 0 Å². The monoisotopic (exact) mass is 608 g/mol. The van der Waals surface area contributed by atoms with Crippen molar-refractivity contribution in [1.29, 1.82) is 0 Å². The smallest absolute Gasteiger partial charge is 0.333 e. The molecule has 48 heavy (non-hydrogen) atoms. The van der Waals surface area contributed by atoms with Gasteiger partial charge in [0.1, 0.15) is 0 Å². The first-order valence-corrected chi connectivity index (χ1v) is 16.8. The van der Waals surface area contributed by atoms with Crippen LogP contribution in [0.5, 0.6) is 0 Å². The normalized spacial score (nSPS) is 13.4. The van der Waals surface area contributed by atoms with Gasteiger partial charge in [0.05, 0.1) is 0 Å². The Bertz CT molecular complexity index is 2660. The van der Waals surface area contributed by atoms with Crippen molar-refractivity contribution in [2.24, 2.45) is 0 Å². The maximum Gasteiger partial charge on any atom is 0.333 e. The first-order chi connectivity index (χ1) is 23.7. The van der Waals surface area contributed by atoms with Gasteiger partial charge < -0.3 is 9.71 Å². The molecule has 3 heteroatoms. The molecule has 8 aromatic carbocycles. The van der Waals surface area contributed by atoms with E-state index in [0.717, 1.165) is 0 Å². The molecule has 3 heterocycles. The highest BCUT2D eigenvalue weighted by Crippen LogP contribution is 2.52. The quantitative estimate of drug-likeness (QED) is 0.142. The fourth-order valence-electron chi connectivity index (χ4n) is 8.75. The van der Waals surface area contributed by atoms with Crippen LogP contribution >= 0.6 is 0 Å². The maximum atomic E-state index is 2.63. The van der Waals surface area contributed by atoms with Gasteiger partial charge in [-0.2, -0.15) is 0 Å². The third kappa shape index (κ3) is 3.43. The standard InChI is InChI=1S/C45H29BN2/c1-28-17-23-40-38(25-28)36-13-7-15-42-44(36)46-45-37(39-27-31(20-24-41(39)48(40)46)29-9-3-2-4-10-29)14-8-16-43(45)47(42)33-21-22-35-32(26-33)19-18-30-11-5-6-12-34(30)35/h2-27H,1H3. The molecule has 0 radical (unpaired) electrons. The fraction of sp³-hybridized carbons (Fsp3) is 0.0222. The number of rotatable bonds is 2. The second-order valence-corrected chi connectivity index (χ2v) is 13.4. The molecule has 0 aromatic heterocycles. The van der Waals surface area contributed by atoms with Crippen LogP contribution < -0.4 is 20.6 Å². The predicted molar refractivity (Wildman–Crippen MR) is 204 cm³/mol. The van der Waals surface area contributed by atoms with Gasteiger partial charge in [0.2, 0.25) is 0 Å². The minimum Gasteiger partial charge on any atom is -0.376 e. The number of nitrogens with zero attached hydrogens (tertiary/aromatic N) is 2. The van der Waals surface area contributed by atoms with Crippen LogP contribution in [0.3, 0.4) is 0 Å². The lowest BCUT2D eigenvalue weighted by molar-refractivity contribution is 1.26. The Balaban J connectivity index is 1.23. The zero-order valence-electron chi connectivity index (χ0n) is 26.5. The van der Waals surface area contributed by atoms with Crippen molar-refractivity contribution in [2.75, 3.05) is 9.71 Å². The van der Waals surface area contributed by atoms with Crippen LogP contribution in [0.25, 0.3) is 54.9 Å². The molecular weight excluding hydrogens is 579 g/mol. The highest BCUT2D eigenvalue weighted by Gasteiger charge is 2.48. The van der Waals surface area contributed by atoms with Crippen LogP contribution in [0.4, 0.5) is 28.4 Å². The second kappa shape index (κ2) is 9.50. The molecule has 0 saturated heterocycles. The number of fused-ring (bicyclic) bond motifs is 9. The Morgan fingerprint density at radius 1 is 0.417 bits per heavy atom. The van der Waals surface area contributed by atoms with Crippen molar-refractivity contribution in [3.05, 3.63) is 163 Å². The lowest BCUT2D eigenvalue weighted by atomic mass is 9.41. The molecule has 0 saturated carbocycles. The summed E-state index contributed by atoms with van der Waals surface area (Å²) in [5.41, 5.74) is 18.0. The average Bonchev–Trinajstić information content (AvgIpc) is 3.15. The van der Waals surface area contributed by atoms with Crippen LogP contribution in [0.15, 0.2) is 158 Å². The van der Waals surface area contributed by atoms with Gasteiger partial charge in [0.25, 0.3) is 0 Å². The van der Waals surface area contributed by atoms with Crippen molar-refractivity contribution < 1.29 is 0 Å². The van der Waals surface area contributed by atoms with Crippen molar-refractivity contribution in [3.63, 3.8) is 0 Å². The fourth-order valence-corrected chi connectivity index (χ4v) is 8.75. The van der Waals surface area contributed by atoms with Gasteiger partial charge >= 0.3 is 6.85 Å². The summed E-state index contributed by atoms with van der Waals surface area (Å²) in [6, 6.07) is 58.8. The lowest BCUT2D eigenvalue weighted by Crippen LogP contribution is -2.63. The maximum absolute atomic E-state index is 2.63. The Labute approximate surface area is 280 Å². The van der Waals surface area contributed by atoms with Gasteiger partial charge in [-0.3, -0.25) is 0 Å². The molecule has 0 unspecified atom stereocenters. The van der Waals surface area contributed by atoms with E-state index in [1.54, 1.807) is 0 Å². The van der Waals surface area contributed by atoms with Gasteiger partial charge in [0.15, 0.2) is 0 Å². The summed E-state index contributed by atoms with van der Waals surface area (Å²) in [7, 11) is 0. The molecule has 11 rings (SSSR count). The van der Waals surface area contributed by atoms with E-state index < -0.39 is 0 Å². The topological polar surface area (TPSA) is 6.48 Å². The summed E-state index contributed by atoms with van der Waals surface area (Å²) in [6.45, 7) is 2.28. The summed E-state index contributed by atoms with van der Waals surface area (Å²) in [5, 5.41) is 5.11. The molecule has 8 aromatic rings. The zero-order chi connectivity index (χ0) is 31.5. The van der Waals surface area contributed by atoms with Crippen molar-refractivity contribution >= 4 is 67.8 Å². The second-order valence-electron chi connectivity index (χ2n) is 13.4. The zero-order valence-corrected chi connectivity index (χ0v) is 26.5. The van der Waals surface area contributed by atoms with Crippen LogP contribution in [-0.4, -0.2) is 6.85 Å². The van der Waals surface area contributed by atoms with E-state index in [9.17, 15) is 0 Å². The van der Waals surface area contributed by atoms with E-state index >= 15 is 0 Å². The summed E-state index contributed by atoms with van der Waals surface area (Å²) in [4.78, 5) is 5.15. The van der Waals surface area contributed by atoms with Gasteiger partial charge in [-0.05, 0) is 110 Å². The summed E-state index contributed by atoms with van der Waals surface area (Å²) in [5.74, 6) is 0. The molecule has 0 N–H and O–H groups in total. The Morgan fingerprint density at radius 3 is 1.88 bits per heavy atom. The Morgan fingerprint density at radius 2 is 1.08 bits per heavy atom. The Kier molecular flexibility index (Phi) is 5.16. The third-order valence-electron chi connectivity index (χ3n) is 10.8. The van der Waals surface area contributed by atoms with E-state index in [1.165, 1.54) is 99.9 Å². The van der Waals surface area contributed by atoms with Crippen LogP contribution in [0.1, 0.15) is 5.56 Å². The van der Waals surface area contributed by atoms with Crippen LogP contribution in [0.2, 0.25) is 0 Å². The lowest BCUT2D eigenvalue weighted by Gasteiger charge is -2.49. The summed E-state index contributed by atoms with van der Waals surface area (Å²) < 4.78 is 0. The first-order valence-electron chi connectivity index (χ1n) is 16.8. The molecule has 0 bridgehead atoms. The van der Waals surface area contributed by atoms with Crippen molar-refractivity contribution in [3.8, 4) is 33.4 Å². The SMILES string of the molecule is Cc1ccc2c(c1)-c1cccc3c1B1c4c(cccc4N3c3ccc4c(ccc5ccccc54)c3)-c3cc(-c4ccccc4)ccc3N12. The van der Waals surface area contributed by atoms with Crippen molar-refractivity contribution in [2.45, 2.75) is 6.92 Å². The molecular formula is C45H29BN2. The number of hydrogen-bond acceptors (Lipinski definition) is 2. The molecule has 0 aliphatic carbocycles. The molecule has 3 aliphatic rings. The highest BCUT2D eigenvalue weighted by molar-refractivity contribution is 6.95. The van der Waals surface area contributed by atoms with Crippen LogP contribution in [0, 0.1) is 6.92 Å². The number of benzene rings is 8. The number of aryl methyl sites for hydroxylation is 1. The minimum atomic E-state index is 0.0772. The predicted octanol–water partition coefficient (Wildman–Crippen LogP) is 10.7. The molecule has 0 amide bonds. The average molecular weight is 609 g/mol. The van der Waals surface area contributed by atoms with E-state index in [1.807, 2.05) is 0 Å². The molecule has 0 fully saturated rings. The van der Waals surface area contributed by atoms with E-state index in [2.05, 4.69) is 174 Å². The van der Waals surface area contributed by atoms with E-state index in [4.69, 9.17) is 0 Å². The first kappa shape index (κ1) is 26.1. The Hall–Kier alpha value is -6.06. The van der Waals surface area contributed by atoms with E-state index in [-0.39, 0.29) is 6.85 Å². The van der Waals surface area contributed by atoms with Gasteiger partial charge in [0, 0.05) is 39.6 Å². The molecule has 3 aliphatic heterocycles. The molecule has 0 spiro atoms. The van der Waals surface area contributed by atoms with Gasteiger partial charge in [-0.25, -0.2) is 0 Å². The minimum absolute atomic E-state index is 0.0772. The number of anilines is 5. The highest BCUT2D eigenvalue weighted by atomic mass is 15.2.